The third-order valence-corrected chi connectivity index (χ3v) is 5.18. The van der Waals surface area contributed by atoms with Crippen molar-refractivity contribution >= 4 is 58.9 Å². The molecule has 0 saturated heterocycles. The fourth-order valence-electron chi connectivity index (χ4n) is 2.57. The van der Waals surface area contributed by atoms with Gasteiger partial charge in [0.15, 0.2) is 5.11 Å². The number of hydrogen-bond donors (Lipinski definition) is 4. The van der Waals surface area contributed by atoms with Crippen LogP contribution in [-0.2, 0) is 0 Å². The van der Waals surface area contributed by atoms with E-state index in [-0.39, 0.29) is 5.75 Å². The Hall–Kier alpha value is -3.69. The van der Waals surface area contributed by atoms with Crippen LogP contribution < -0.4 is 16.5 Å². The molecule has 0 spiro atoms. The zero-order chi connectivity index (χ0) is 22.8. The number of aromatic hydroxyl groups is 1. The Morgan fingerprint density at radius 2 is 1.75 bits per heavy atom. The van der Waals surface area contributed by atoms with Gasteiger partial charge >= 0.3 is 0 Å². The van der Waals surface area contributed by atoms with Crippen LogP contribution in [0.5, 0.6) is 5.75 Å². The number of anilines is 1. The van der Waals surface area contributed by atoms with Crippen LogP contribution in [0.15, 0.2) is 92.8 Å². The molecule has 0 atom stereocenters. The molecular formula is C23H22N6OS2. The number of nitrogens with one attached hydrogen (secondary N) is 2. The number of hydrazone groups is 1. The summed E-state index contributed by atoms with van der Waals surface area (Å²) in [5.41, 5.74) is 12.1. The monoisotopic (exact) mass is 462 g/mol. The summed E-state index contributed by atoms with van der Waals surface area (Å²) in [5.74, 6) is 0.525. The molecule has 0 amide bonds. The van der Waals surface area contributed by atoms with Gasteiger partial charge in [0.1, 0.15) is 17.9 Å². The molecule has 0 heterocycles. The maximum absolute atomic E-state index is 9.28. The minimum absolute atomic E-state index is 0.185. The Morgan fingerprint density at radius 1 is 1.03 bits per heavy atom. The molecule has 5 N–H and O–H groups in total. The van der Waals surface area contributed by atoms with Gasteiger partial charge in [-0.05, 0) is 60.4 Å². The molecule has 0 aliphatic rings. The fraction of sp³-hybridized carbons (Fsp3) is 0.0435. The summed E-state index contributed by atoms with van der Waals surface area (Å²) >= 11 is 6.93. The van der Waals surface area contributed by atoms with E-state index in [9.17, 15) is 5.11 Å². The van der Waals surface area contributed by atoms with E-state index in [1.54, 1.807) is 42.2 Å². The first-order valence-electron chi connectivity index (χ1n) is 9.53. The number of para-hydroxylation sites is 1. The highest BCUT2D eigenvalue weighted by Crippen LogP contribution is 2.24. The summed E-state index contributed by atoms with van der Waals surface area (Å²) in [5, 5.41) is 17.0. The number of hydrogen-bond acceptors (Lipinski definition) is 5. The highest BCUT2D eigenvalue weighted by atomic mass is 32.2. The van der Waals surface area contributed by atoms with E-state index in [0.29, 0.717) is 16.6 Å². The summed E-state index contributed by atoms with van der Waals surface area (Å²) < 4.78 is 0. The zero-order valence-electron chi connectivity index (χ0n) is 17.3. The Balaban J connectivity index is 1.53. The lowest BCUT2D eigenvalue weighted by atomic mass is 10.1. The molecule has 7 nitrogen and oxygen atoms in total. The number of phenols is 1. The van der Waals surface area contributed by atoms with E-state index in [4.69, 9.17) is 18.0 Å². The Morgan fingerprint density at radius 3 is 2.47 bits per heavy atom. The second-order valence-corrected chi connectivity index (χ2v) is 7.68. The average Bonchev–Trinajstić information content (AvgIpc) is 2.81. The molecule has 0 aliphatic heterocycles. The van der Waals surface area contributed by atoms with E-state index in [2.05, 4.69) is 25.8 Å². The first-order chi connectivity index (χ1) is 15.5. The molecule has 162 valence electrons. The molecule has 0 saturated carbocycles. The van der Waals surface area contributed by atoms with Gasteiger partial charge < -0.3 is 16.2 Å². The van der Waals surface area contributed by atoms with Gasteiger partial charge in [-0.1, -0.05) is 36.4 Å². The quantitative estimate of drug-likeness (QED) is 0.135. The lowest BCUT2D eigenvalue weighted by Gasteiger charge is -2.10. The number of thioether (sulfide) groups is 1. The highest BCUT2D eigenvalue weighted by molar-refractivity contribution is 7.98. The average molecular weight is 463 g/mol. The maximum atomic E-state index is 9.28. The SMILES string of the molecule is CSc1ccccc1NC(=S)N/N=C/c1ccc(C(N)=NC=Nc2ccc(O)cc2)cc1. The molecule has 0 radical (unpaired) electrons. The second-order valence-electron chi connectivity index (χ2n) is 6.42. The first-order valence-corrected chi connectivity index (χ1v) is 11.2. The predicted octanol–water partition coefficient (Wildman–Crippen LogP) is 4.50. The van der Waals surface area contributed by atoms with Crippen molar-refractivity contribution in [3.63, 3.8) is 0 Å². The van der Waals surface area contributed by atoms with Crippen molar-refractivity contribution in [1.29, 1.82) is 0 Å². The van der Waals surface area contributed by atoms with Crippen molar-refractivity contribution in [3.05, 3.63) is 83.9 Å². The number of amidine groups is 1. The fourth-order valence-corrected chi connectivity index (χ4v) is 3.29. The van der Waals surface area contributed by atoms with Crippen molar-refractivity contribution in [1.82, 2.24) is 5.43 Å². The van der Waals surface area contributed by atoms with E-state index >= 15 is 0 Å². The summed E-state index contributed by atoms with van der Waals surface area (Å²) in [6, 6.07) is 21.8. The number of rotatable bonds is 7. The minimum atomic E-state index is 0.185. The van der Waals surface area contributed by atoms with Crippen molar-refractivity contribution in [2.75, 3.05) is 11.6 Å². The number of nitrogens with zero attached hydrogens (tertiary/aromatic N) is 3. The van der Waals surface area contributed by atoms with Gasteiger partial charge in [-0.25, -0.2) is 9.98 Å². The predicted molar refractivity (Wildman–Crippen MR) is 139 cm³/mol. The zero-order valence-corrected chi connectivity index (χ0v) is 18.9. The van der Waals surface area contributed by atoms with Crippen LogP contribution in [0.3, 0.4) is 0 Å². The Kier molecular flexibility index (Phi) is 8.36. The normalized spacial score (nSPS) is 11.7. The molecule has 3 rings (SSSR count). The first kappa shape index (κ1) is 23.0. The van der Waals surface area contributed by atoms with Crippen LogP contribution in [0.4, 0.5) is 11.4 Å². The smallest absolute Gasteiger partial charge is 0.191 e. The highest BCUT2D eigenvalue weighted by Gasteiger charge is 2.02. The molecule has 9 heteroatoms. The van der Waals surface area contributed by atoms with Gasteiger partial charge in [0.25, 0.3) is 0 Å². The van der Waals surface area contributed by atoms with Crippen LogP contribution in [0.25, 0.3) is 0 Å². The van der Waals surface area contributed by atoms with Gasteiger partial charge in [0.05, 0.1) is 17.6 Å². The van der Waals surface area contributed by atoms with Crippen molar-refractivity contribution in [2.24, 2.45) is 20.8 Å². The van der Waals surface area contributed by atoms with Gasteiger partial charge in [0, 0.05) is 10.5 Å². The van der Waals surface area contributed by atoms with Gasteiger partial charge in [-0.3, -0.25) is 5.43 Å². The van der Waals surface area contributed by atoms with Crippen molar-refractivity contribution in [2.45, 2.75) is 4.90 Å². The van der Waals surface area contributed by atoms with Gasteiger partial charge in [0.2, 0.25) is 0 Å². The molecule has 0 unspecified atom stereocenters. The standard InChI is InChI=1S/C23H22N6OS2/c1-32-21-5-3-2-4-20(21)28-23(31)29-27-14-16-6-8-17(9-7-16)22(24)26-15-25-18-10-12-19(30)13-11-18/h2-15,30H,1H3,(H2,24,25,26)(H2,28,29,31)/b27-14+. The summed E-state index contributed by atoms with van der Waals surface area (Å²) in [6.07, 6.45) is 5.06. The largest absolute Gasteiger partial charge is 0.508 e. The number of thiocarbonyl (C=S) groups is 1. The number of benzene rings is 3. The topological polar surface area (TPSA) is 107 Å². The Bertz CT molecular complexity index is 1140. The van der Waals surface area contributed by atoms with Crippen LogP contribution in [0, 0.1) is 0 Å². The molecule has 3 aromatic carbocycles. The van der Waals surface area contributed by atoms with Gasteiger partial charge in [-0.2, -0.15) is 5.10 Å². The molecule has 0 aliphatic carbocycles. The van der Waals surface area contributed by atoms with Crippen LogP contribution in [0.2, 0.25) is 0 Å². The molecule has 0 aromatic heterocycles. The molecular weight excluding hydrogens is 440 g/mol. The summed E-state index contributed by atoms with van der Waals surface area (Å²) in [6.45, 7) is 0. The lowest BCUT2D eigenvalue weighted by molar-refractivity contribution is 0.475. The molecule has 32 heavy (non-hydrogen) atoms. The third-order valence-electron chi connectivity index (χ3n) is 4.19. The lowest BCUT2D eigenvalue weighted by Crippen LogP contribution is -2.24. The molecule has 0 fully saturated rings. The summed E-state index contributed by atoms with van der Waals surface area (Å²) in [4.78, 5) is 9.42. The second kappa shape index (κ2) is 11.6. The van der Waals surface area contributed by atoms with Crippen molar-refractivity contribution < 1.29 is 5.11 Å². The van der Waals surface area contributed by atoms with E-state index in [1.807, 2.05) is 54.8 Å². The number of phenolic OH excluding ortho intramolecular Hbond substituents is 1. The van der Waals surface area contributed by atoms with Crippen LogP contribution in [-0.4, -0.2) is 34.9 Å². The van der Waals surface area contributed by atoms with Crippen molar-refractivity contribution in [3.8, 4) is 5.75 Å². The number of aliphatic imine (C=N–C) groups is 2. The maximum Gasteiger partial charge on any atom is 0.191 e. The Labute approximate surface area is 196 Å². The molecule has 3 aromatic rings. The third kappa shape index (κ3) is 6.93. The van der Waals surface area contributed by atoms with E-state index in [0.717, 1.165) is 21.7 Å². The minimum Gasteiger partial charge on any atom is -0.508 e. The molecule has 0 bridgehead atoms. The van der Waals surface area contributed by atoms with Crippen LogP contribution in [0.1, 0.15) is 11.1 Å². The van der Waals surface area contributed by atoms with Crippen LogP contribution >= 0.6 is 24.0 Å². The van der Waals surface area contributed by atoms with E-state index < -0.39 is 0 Å². The van der Waals surface area contributed by atoms with E-state index in [1.165, 1.54) is 6.34 Å². The number of nitrogens with two attached hydrogens (primary N) is 1. The van der Waals surface area contributed by atoms with Gasteiger partial charge in [-0.15, -0.1) is 11.8 Å². The summed E-state index contributed by atoms with van der Waals surface area (Å²) in [7, 11) is 0.